The van der Waals surface area contributed by atoms with Crippen LogP contribution in [0.5, 0.6) is 0 Å². The topological polar surface area (TPSA) is 29.1 Å². The van der Waals surface area contributed by atoms with E-state index in [2.05, 4.69) is 60.8 Å². The van der Waals surface area contributed by atoms with Crippen molar-refractivity contribution >= 4 is 11.5 Å². The van der Waals surface area contributed by atoms with Crippen molar-refractivity contribution in [2.45, 2.75) is 32.2 Å². The van der Waals surface area contributed by atoms with Gasteiger partial charge < -0.3 is 5.32 Å². The molecule has 2 aliphatic rings. The Morgan fingerprint density at radius 2 is 1.91 bits per heavy atom. The van der Waals surface area contributed by atoms with E-state index in [4.69, 9.17) is 0 Å². The van der Waals surface area contributed by atoms with E-state index in [1.165, 1.54) is 16.7 Å². The maximum Gasteiger partial charge on any atom is 0.159 e. The van der Waals surface area contributed by atoms with Crippen LogP contribution in [0, 0.1) is 12.8 Å². The minimum Gasteiger partial charge on any atom is -0.378 e. The number of aryl methyl sites for hydroxylation is 1. The molecule has 1 aliphatic heterocycles. The normalized spacial score (nSPS) is 24.7. The lowest BCUT2D eigenvalue weighted by molar-refractivity contribution is 0.101. The van der Waals surface area contributed by atoms with E-state index in [-0.39, 0.29) is 5.78 Å². The van der Waals surface area contributed by atoms with Crippen LogP contribution in [0.25, 0.3) is 0 Å². The molecule has 0 saturated carbocycles. The molecule has 0 spiro atoms. The Balaban J connectivity index is 1.77. The van der Waals surface area contributed by atoms with Crippen molar-refractivity contribution in [1.29, 1.82) is 0 Å². The number of fused-ring (bicyclic) bond motifs is 3. The number of benzene rings is 2. The van der Waals surface area contributed by atoms with Gasteiger partial charge in [0.2, 0.25) is 0 Å². The second kappa shape index (κ2) is 5.38. The van der Waals surface area contributed by atoms with Crippen molar-refractivity contribution in [2.24, 2.45) is 5.92 Å². The number of nitrogens with one attached hydrogen (secondary N) is 1. The molecule has 1 N–H and O–H groups in total. The summed E-state index contributed by atoms with van der Waals surface area (Å²) < 4.78 is 0. The highest BCUT2D eigenvalue weighted by molar-refractivity contribution is 5.95. The maximum atomic E-state index is 11.7. The van der Waals surface area contributed by atoms with E-state index in [0.29, 0.717) is 17.9 Å². The SMILES string of the molecule is CC(=O)c1ccc2c(c1)C1C=CCC1C(c1ccc(C)cc1)N2. The molecule has 2 aromatic carbocycles. The molecule has 2 aromatic rings. The van der Waals surface area contributed by atoms with Gasteiger partial charge in [-0.3, -0.25) is 4.79 Å². The summed E-state index contributed by atoms with van der Waals surface area (Å²) in [5, 5.41) is 3.72. The standard InChI is InChI=1S/C21H21NO/c1-13-6-8-15(9-7-13)21-18-5-3-4-17(18)19-12-16(14(2)23)10-11-20(19)22-21/h3-4,6-12,17-18,21-22H,5H2,1-2H3. The molecule has 2 heteroatoms. The average molecular weight is 303 g/mol. The van der Waals surface area contributed by atoms with E-state index in [1.807, 2.05) is 6.07 Å². The Bertz CT molecular complexity index is 788. The fraction of sp³-hybridized carbons (Fsp3) is 0.286. The van der Waals surface area contributed by atoms with Crippen LogP contribution >= 0.6 is 0 Å². The molecule has 4 rings (SSSR count). The van der Waals surface area contributed by atoms with Crippen LogP contribution in [0.2, 0.25) is 0 Å². The summed E-state index contributed by atoms with van der Waals surface area (Å²) in [6.07, 6.45) is 5.68. The molecular weight excluding hydrogens is 282 g/mol. The number of allylic oxidation sites excluding steroid dienone is 2. The number of rotatable bonds is 2. The van der Waals surface area contributed by atoms with Crippen molar-refractivity contribution in [1.82, 2.24) is 0 Å². The second-order valence-corrected chi connectivity index (χ2v) is 6.74. The number of Topliss-reactive ketones (excluding diaryl/α,β-unsaturated/α-hetero) is 1. The van der Waals surface area contributed by atoms with Gasteiger partial charge in [-0.15, -0.1) is 0 Å². The van der Waals surface area contributed by atoms with Gasteiger partial charge in [0.15, 0.2) is 5.78 Å². The average Bonchev–Trinajstić information content (AvgIpc) is 3.04. The van der Waals surface area contributed by atoms with Crippen molar-refractivity contribution in [2.75, 3.05) is 5.32 Å². The third-order valence-corrected chi connectivity index (χ3v) is 5.21. The molecule has 116 valence electrons. The predicted octanol–water partition coefficient (Wildman–Crippen LogP) is 5.02. The Morgan fingerprint density at radius 1 is 1.13 bits per heavy atom. The summed E-state index contributed by atoms with van der Waals surface area (Å²) in [5.41, 5.74) is 5.86. The molecule has 2 nitrogen and oxygen atoms in total. The van der Waals surface area contributed by atoms with Gasteiger partial charge in [-0.2, -0.15) is 0 Å². The second-order valence-electron chi connectivity index (χ2n) is 6.74. The Labute approximate surface area is 137 Å². The number of carbonyl (C=O) groups is 1. The fourth-order valence-corrected chi connectivity index (χ4v) is 3.92. The predicted molar refractivity (Wildman–Crippen MR) is 94.0 cm³/mol. The first-order valence-corrected chi connectivity index (χ1v) is 8.28. The van der Waals surface area contributed by atoms with Crippen molar-refractivity contribution in [3.05, 3.63) is 76.9 Å². The largest absolute Gasteiger partial charge is 0.378 e. The zero-order chi connectivity index (χ0) is 16.0. The highest BCUT2D eigenvalue weighted by Gasteiger charge is 2.37. The molecule has 3 atom stereocenters. The summed E-state index contributed by atoms with van der Waals surface area (Å²) in [6.45, 7) is 3.76. The Morgan fingerprint density at radius 3 is 2.65 bits per heavy atom. The number of hydrogen-bond acceptors (Lipinski definition) is 2. The highest BCUT2D eigenvalue weighted by atomic mass is 16.1. The van der Waals surface area contributed by atoms with Crippen molar-refractivity contribution in [3.63, 3.8) is 0 Å². The number of ketones is 1. The van der Waals surface area contributed by atoms with Crippen LogP contribution < -0.4 is 5.32 Å². The maximum absolute atomic E-state index is 11.7. The molecule has 0 fully saturated rings. The summed E-state index contributed by atoms with van der Waals surface area (Å²) in [5.74, 6) is 1.05. The van der Waals surface area contributed by atoms with Crippen molar-refractivity contribution in [3.8, 4) is 0 Å². The van der Waals surface area contributed by atoms with Gasteiger partial charge in [0.05, 0.1) is 6.04 Å². The van der Waals surface area contributed by atoms with E-state index >= 15 is 0 Å². The lowest BCUT2D eigenvalue weighted by atomic mass is 9.76. The first kappa shape index (κ1) is 14.3. The van der Waals surface area contributed by atoms with Crippen LogP contribution in [0.4, 0.5) is 5.69 Å². The van der Waals surface area contributed by atoms with E-state index in [0.717, 1.165) is 17.7 Å². The van der Waals surface area contributed by atoms with Gasteiger partial charge in [0.25, 0.3) is 0 Å². The van der Waals surface area contributed by atoms with Gasteiger partial charge in [0, 0.05) is 17.2 Å². The van der Waals surface area contributed by atoms with Crippen molar-refractivity contribution < 1.29 is 4.79 Å². The van der Waals surface area contributed by atoms with E-state index < -0.39 is 0 Å². The molecule has 23 heavy (non-hydrogen) atoms. The van der Waals surface area contributed by atoms with Crippen LogP contribution in [0.1, 0.15) is 52.4 Å². The minimum atomic E-state index is 0.131. The van der Waals surface area contributed by atoms with Gasteiger partial charge >= 0.3 is 0 Å². The van der Waals surface area contributed by atoms with Gasteiger partial charge in [-0.05, 0) is 55.5 Å². The fourth-order valence-electron chi connectivity index (χ4n) is 3.92. The summed E-state index contributed by atoms with van der Waals surface area (Å²) in [4.78, 5) is 11.7. The molecular formula is C21H21NO. The molecule has 1 aliphatic carbocycles. The highest BCUT2D eigenvalue weighted by Crippen LogP contribution is 2.49. The van der Waals surface area contributed by atoms with Gasteiger partial charge in [-0.1, -0.05) is 42.0 Å². The Kier molecular flexibility index (Phi) is 3.33. The molecule has 0 bridgehead atoms. The molecule has 1 heterocycles. The zero-order valence-electron chi connectivity index (χ0n) is 13.5. The minimum absolute atomic E-state index is 0.131. The third-order valence-electron chi connectivity index (χ3n) is 5.21. The lowest BCUT2D eigenvalue weighted by Gasteiger charge is -2.37. The first-order valence-electron chi connectivity index (χ1n) is 8.28. The van der Waals surface area contributed by atoms with E-state index in [1.54, 1.807) is 6.92 Å². The smallest absolute Gasteiger partial charge is 0.159 e. The van der Waals surface area contributed by atoms with E-state index in [9.17, 15) is 4.79 Å². The zero-order valence-corrected chi connectivity index (χ0v) is 13.5. The van der Waals surface area contributed by atoms with Crippen LogP contribution in [0.3, 0.4) is 0 Å². The molecule has 0 aromatic heterocycles. The van der Waals surface area contributed by atoms with Gasteiger partial charge in [-0.25, -0.2) is 0 Å². The molecule has 0 saturated heterocycles. The monoisotopic (exact) mass is 303 g/mol. The number of carbonyl (C=O) groups excluding carboxylic acids is 1. The van der Waals surface area contributed by atoms with Crippen LogP contribution in [-0.2, 0) is 0 Å². The third kappa shape index (κ3) is 2.39. The molecule has 0 amide bonds. The van der Waals surface area contributed by atoms with Crippen LogP contribution in [-0.4, -0.2) is 5.78 Å². The number of hydrogen-bond donors (Lipinski definition) is 1. The summed E-state index contributed by atoms with van der Waals surface area (Å²) in [7, 11) is 0. The quantitative estimate of drug-likeness (QED) is 0.623. The first-order chi connectivity index (χ1) is 11.1. The Hall–Kier alpha value is -2.35. The summed E-state index contributed by atoms with van der Waals surface area (Å²) in [6, 6.07) is 15.2. The lowest BCUT2D eigenvalue weighted by Crippen LogP contribution is -2.29. The van der Waals surface area contributed by atoms with Crippen LogP contribution in [0.15, 0.2) is 54.6 Å². The number of anilines is 1. The molecule has 3 unspecified atom stereocenters. The molecule has 0 radical (unpaired) electrons. The summed E-state index contributed by atoms with van der Waals surface area (Å²) >= 11 is 0. The van der Waals surface area contributed by atoms with Gasteiger partial charge in [0.1, 0.15) is 0 Å².